The number of hydrogen-bond acceptors (Lipinski definition) is 4. The summed E-state index contributed by atoms with van der Waals surface area (Å²) in [6.07, 6.45) is 1.81. The van der Waals surface area contributed by atoms with E-state index in [1.54, 1.807) is 24.3 Å². The van der Waals surface area contributed by atoms with Crippen molar-refractivity contribution in [3.05, 3.63) is 54.1 Å². The van der Waals surface area contributed by atoms with E-state index in [0.29, 0.717) is 30.4 Å². The first kappa shape index (κ1) is 22.7. The molecule has 6 nitrogen and oxygen atoms in total. The van der Waals surface area contributed by atoms with Gasteiger partial charge < -0.3 is 10.1 Å². The number of nitrogens with zero attached hydrogens (tertiary/aromatic N) is 1. The van der Waals surface area contributed by atoms with E-state index in [1.165, 1.54) is 16.1 Å². The molecule has 0 saturated heterocycles. The topological polar surface area (TPSA) is 75.7 Å². The fraction of sp³-hybridized carbons (Fsp3) is 0.409. The number of rotatable bonds is 10. The Morgan fingerprint density at radius 2 is 1.69 bits per heavy atom. The third kappa shape index (κ3) is 7.09. The van der Waals surface area contributed by atoms with Crippen molar-refractivity contribution >= 4 is 27.3 Å². The molecule has 0 radical (unpaired) electrons. The molecular weight excluding hydrogens is 388 g/mol. The van der Waals surface area contributed by atoms with Gasteiger partial charge in [0.1, 0.15) is 5.75 Å². The fourth-order valence-corrected chi connectivity index (χ4v) is 3.89. The molecule has 0 unspecified atom stereocenters. The van der Waals surface area contributed by atoms with Crippen LogP contribution in [0, 0.1) is 0 Å². The molecule has 2 aromatic rings. The number of anilines is 2. The molecule has 0 aliphatic carbocycles. The van der Waals surface area contributed by atoms with Gasteiger partial charge in [0.25, 0.3) is 0 Å². The van der Waals surface area contributed by atoms with Gasteiger partial charge in [-0.3, -0.25) is 9.10 Å². The first-order valence-corrected chi connectivity index (χ1v) is 11.7. The van der Waals surface area contributed by atoms with Crippen LogP contribution in [0.15, 0.2) is 48.5 Å². The molecule has 1 N–H and O–H groups in total. The highest BCUT2D eigenvalue weighted by Crippen LogP contribution is 2.22. The summed E-state index contributed by atoms with van der Waals surface area (Å²) in [4.78, 5) is 12.2. The van der Waals surface area contributed by atoms with Gasteiger partial charge in [-0.2, -0.15) is 0 Å². The number of nitrogens with one attached hydrogen (secondary N) is 1. The largest absolute Gasteiger partial charge is 0.494 e. The van der Waals surface area contributed by atoms with E-state index >= 15 is 0 Å². The monoisotopic (exact) mass is 418 g/mol. The minimum Gasteiger partial charge on any atom is -0.494 e. The summed E-state index contributed by atoms with van der Waals surface area (Å²) in [5.74, 6) is 0.985. The summed E-state index contributed by atoms with van der Waals surface area (Å²) in [5, 5.41) is 2.86. The van der Waals surface area contributed by atoms with E-state index in [9.17, 15) is 13.2 Å². The number of hydrogen-bond donors (Lipinski definition) is 1. The molecule has 7 heteroatoms. The Labute approximate surface area is 173 Å². The van der Waals surface area contributed by atoms with Crippen molar-refractivity contribution in [3.63, 3.8) is 0 Å². The summed E-state index contributed by atoms with van der Waals surface area (Å²) >= 11 is 0. The molecule has 0 aliphatic rings. The molecule has 1 amide bonds. The zero-order chi connectivity index (χ0) is 21.4. The van der Waals surface area contributed by atoms with Crippen molar-refractivity contribution in [2.75, 3.05) is 29.0 Å². The third-order valence-corrected chi connectivity index (χ3v) is 5.66. The lowest BCUT2D eigenvalue weighted by molar-refractivity contribution is -0.116. The molecule has 158 valence electrons. The van der Waals surface area contributed by atoms with Crippen LogP contribution in [0.4, 0.5) is 11.4 Å². The molecule has 0 fully saturated rings. The molecule has 0 aliphatic heterocycles. The normalized spacial score (nSPS) is 11.3. The smallest absolute Gasteiger partial charge is 0.232 e. The average molecular weight is 419 g/mol. The molecule has 0 spiro atoms. The van der Waals surface area contributed by atoms with Crippen LogP contribution in [0.1, 0.15) is 45.1 Å². The maximum Gasteiger partial charge on any atom is 0.232 e. The molecule has 0 heterocycles. The van der Waals surface area contributed by atoms with E-state index in [4.69, 9.17) is 4.74 Å². The van der Waals surface area contributed by atoms with E-state index in [-0.39, 0.29) is 18.9 Å². The minimum atomic E-state index is -3.45. The Hall–Kier alpha value is -2.54. The van der Waals surface area contributed by atoms with Crippen LogP contribution in [-0.4, -0.2) is 33.7 Å². The summed E-state index contributed by atoms with van der Waals surface area (Å²) in [6.45, 7) is 6.90. The van der Waals surface area contributed by atoms with Gasteiger partial charge in [0.05, 0.1) is 18.6 Å². The molecule has 0 aromatic heterocycles. The molecule has 0 saturated carbocycles. The second-order valence-electron chi connectivity index (χ2n) is 7.19. The van der Waals surface area contributed by atoms with Crippen molar-refractivity contribution in [3.8, 4) is 5.75 Å². The molecular formula is C22H30N2O4S. The molecule has 0 bridgehead atoms. The van der Waals surface area contributed by atoms with Crippen LogP contribution in [0.25, 0.3) is 0 Å². The quantitative estimate of drug-likeness (QED) is 0.621. The SMILES string of the molecule is CCOc1ccc(N(CCCC(=O)Nc2ccc(C(C)C)cc2)S(C)(=O)=O)cc1. The second-order valence-corrected chi connectivity index (χ2v) is 9.10. The number of benzene rings is 2. The Balaban J connectivity index is 1.93. The number of ether oxygens (including phenoxy) is 1. The first-order valence-electron chi connectivity index (χ1n) is 9.81. The van der Waals surface area contributed by atoms with Crippen LogP contribution < -0.4 is 14.4 Å². The predicted molar refractivity (Wildman–Crippen MR) is 118 cm³/mol. The highest BCUT2D eigenvalue weighted by molar-refractivity contribution is 7.92. The van der Waals surface area contributed by atoms with Gasteiger partial charge >= 0.3 is 0 Å². The van der Waals surface area contributed by atoms with E-state index in [2.05, 4.69) is 19.2 Å². The fourth-order valence-electron chi connectivity index (χ4n) is 2.92. The third-order valence-electron chi connectivity index (χ3n) is 4.46. The van der Waals surface area contributed by atoms with Crippen molar-refractivity contribution in [1.29, 1.82) is 0 Å². The van der Waals surface area contributed by atoms with E-state index in [0.717, 1.165) is 5.69 Å². The molecule has 29 heavy (non-hydrogen) atoms. The lowest BCUT2D eigenvalue weighted by atomic mass is 10.0. The molecule has 2 aromatic carbocycles. The first-order chi connectivity index (χ1) is 13.7. The predicted octanol–water partition coefficient (Wildman–Crippen LogP) is 4.39. The summed E-state index contributed by atoms with van der Waals surface area (Å²) in [7, 11) is -3.45. The Kier molecular flexibility index (Phi) is 8.08. The Morgan fingerprint density at radius 3 is 2.21 bits per heavy atom. The summed E-state index contributed by atoms with van der Waals surface area (Å²) in [6, 6.07) is 14.7. The Bertz CT molecular complexity index is 891. The molecule has 0 atom stereocenters. The minimum absolute atomic E-state index is 0.137. The van der Waals surface area contributed by atoms with Gasteiger partial charge in [0.2, 0.25) is 15.9 Å². The van der Waals surface area contributed by atoms with E-state index < -0.39 is 10.0 Å². The van der Waals surface area contributed by atoms with Gasteiger partial charge in [-0.05, 0) is 61.2 Å². The highest BCUT2D eigenvalue weighted by Gasteiger charge is 2.17. The summed E-state index contributed by atoms with van der Waals surface area (Å²) < 4.78 is 31.1. The second kappa shape index (κ2) is 10.3. The van der Waals surface area contributed by atoms with Crippen molar-refractivity contribution in [1.82, 2.24) is 0 Å². The number of carbonyl (C=O) groups excluding carboxylic acids is 1. The number of sulfonamides is 1. The van der Waals surface area contributed by atoms with Crippen LogP contribution in [-0.2, 0) is 14.8 Å². The van der Waals surface area contributed by atoms with Crippen molar-refractivity contribution in [2.45, 2.75) is 39.5 Å². The van der Waals surface area contributed by atoms with Crippen LogP contribution in [0.2, 0.25) is 0 Å². The average Bonchev–Trinajstić information content (AvgIpc) is 2.66. The van der Waals surface area contributed by atoms with Crippen LogP contribution >= 0.6 is 0 Å². The van der Waals surface area contributed by atoms with Gasteiger partial charge in [0, 0.05) is 18.7 Å². The highest BCUT2D eigenvalue weighted by atomic mass is 32.2. The van der Waals surface area contributed by atoms with Gasteiger partial charge in [0.15, 0.2) is 0 Å². The van der Waals surface area contributed by atoms with Gasteiger partial charge in [-0.1, -0.05) is 26.0 Å². The number of amides is 1. The van der Waals surface area contributed by atoms with Crippen molar-refractivity contribution < 1.29 is 17.9 Å². The van der Waals surface area contributed by atoms with Gasteiger partial charge in [-0.25, -0.2) is 8.42 Å². The lowest BCUT2D eigenvalue weighted by Gasteiger charge is -2.22. The van der Waals surface area contributed by atoms with E-state index in [1.807, 2.05) is 31.2 Å². The summed E-state index contributed by atoms with van der Waals surface area (Å²) in [5.41, 5.74) is 2.51. The molecule has 2 rings (SSSR count). The van der Waals surface area contributed by atoms with Crippen molar-refractivity contribution in [2.24, 2.45) is 0 Å². The zero-order valence-electron chi connectivity index (χ0n) is 17.5. The lowest BCUT2D eigenvalue weighted by Crippen LogP contribution is -2.31. The maximum absolute atomic E-state index is 12.2. The van der Waals surface area contributed by atoms with Gasteiger partial charge in [-0.15, -0.1) is 0 Å². The zero-order valence-corrected chi connectivity index (χ0v) is 18.3. The standard InChI is InChI=1S/C22H30N2O4S/c1-5-28-21-14-12-20(13-15-21)24(29(4,26)27)16-6-7-22(25)23-19-10-8-18(9-11-19)17(2)3/h8-15,17H,5-7,16H2,1-4H3,(H,23,25). The maximum atomic E-state index is 12.2. The Morgan fingerprint density at radius 1 is 1.07 bits per heavy atom. The van der Waals surface area contributed by atoms with Crippen LogP contribution in [0.3, 0.4) is 0 Å². The van der Waals surface area contributed by atoms with Crippen LogP contribution in [0.5, 0.6) is 5.75 Å². The number of carbonyl (C=O) groups is 1.